The SMILES string of the molecule is O=C(Nc1ccccc1N1C(=O)N[C@@H]2CS(=O)(=O)C[C@H]21)N[C@@H]1CCS(=O)(=O)C1. The molecule has 0 aromatic heterocycles. The monoisotopic (exact) mass is 428 g/mol. The number of carbonyl (C=O) groups excluding carboxylic acids is 2. The first-order chi connectivity index (χ1) is 13.1. The Morgan fingerprint density at radius 2 is 1.82 bits per heavy atom. The summed E-state index contributed by atoms with van der Waals surface area (Å²) >= 11 is 0. The highest BCUT2D eigenvalue weighted by Crippen LogP contribution is 2.34. The summed E-state index contributed by atoms with van der Waals surface area (Å²) in [5.41, 5.74) is 0.722. The molecular weight excluding hydrogens is 408 g/mol. The minimum Gasteiger partial charge on any atom is -0.334 e. The fraction of sp³-hybridized carbons (Fsp3) is 0.500. The van der Waals surface area contributed by atoms with Gasteiger partial charge < -0.3 is 16.0 Å². The van der Waals surface area contributed by atoms with Crippen molar-refractivity contribution in [2.75, 3.05) is 33.2 Å². The number of urea groups is 2. The summed E-state index contributed by atoms with van der Waals surface area (Å²) in [6.45, 7) is 0. The second-order valence-corrected chi connectivity index (χ2v) is 11.7. The number of nitrogens with one attached hydrogen (secondary N) is 3. The van der Waals surface area contributed by atoms with Gasteiger partial charge in [-0.3, -0.25) is 4.90 Å². The van der Waals surface area contributed by atoms with Crippen LogP contribution >= 0.6 is 0 Å². The maximum Gasteiger partial charge on any atom is 0.322 e. The van der Waals surface area contributed by atoms with Crippen molar-refractivity contribution < 1.29 is 26.4 Å². The molecule has 3 fully saturated rings. The van der Waals surface area contributed by atoms with E-state index in [1.165, 1.54) is 4.90 Å². The molecule has 1 aromatic rings. The van der Waals surface area contributed by atoms with E-state index in [9.17, 15) is 26.4 Å². The number of para-hydroxylation sites is 2. The van der Waals surface area contributed by atoms with E-state index < -0.39 is 49.9 Å². The van der Waals surface area contributed by atoms with Gasteiger partial charge in [0.25, 0.3) is 0 Å². The van der Waals surface area contributed by atoms with Gasteiger partial charge in [0.2, 0.25) is 0 Å². The lowest BCUT2D eigenvalue weighted by atomic mass is 10.1. The fourth-order valence-corrected chi connectivity index (χ4v) is 7.49. The molecule has 0 saturated carbocycles. The van der Waals surface area contributed by atoms with E-state index in [0.717, 1.165) is 0 Å². The Balaban J connectivity index is 1.53. The van der Waals surface area contributed by atoms with Gasteiger partial charge in [-0.05, 0) is 18.6 Å². The van der Waals surface area contributed by atoms with E-state index in [1.54, 1.807) is 24.3 Å². The summed E-state index contributed by atoms with van der Waals surface area (Å²) in [5.74, 6) is -0.304. The van der Waals surface area contributed by atoms with Crippen LogP contribution in [0.2, 0.25) is 0 Å². The predicted octanol–water partition coefficient (Wildman–Crippen LogP) is -0.310. The number of benzene rings is 1. The first-order valence-corrected chi connectivity index (χ1v) is 12.4. The average Bonchev–Trinajstić information content (AvgIpc) is 3.16. The minimum absolute atomic E-state index is 0.0417. The van der Waals surface area contributed by atoms with Crippen molar-refractivity contribution in [1.82, 2.24) is 10.6 Å². The molecule has 0 radical (unpaired) electrons. The number of amides is 4. The van der Waals surface area contributed by atoms with E-state index in [-0.39, 0.29) is 23.0 Å². The highest BCUT2D eigenvalue weighted by atomic mass is 32.2. The zero-order chi connectivity index (χ0) is 20.1. The van der Waals surface area contributed by atoms with Gasteiger partial charge in [0.15, 0.2) is 19.7 Å². The fourth-order valence-electron chi connectivity index (χ4n) is 3.93. The normalized spacial score (nSPS) is 29.9. The minimum atomic E-state index is -3.25. The van der Waals surface area contributed by atoms with E-state index >= 15 is 0 Å². The Morgan fingerprint density at radius 1 is 1.07 bits per heavy atom. The van der Waals surface area contributed by atoms with Crippen molar-refractivity contribution in [3.05, 3.63) is 24.3 Å². The molecular formula is C16H20N4O6S2. The standard InChI is InChI=1S/C16H20N4O6S2/c21-15(17-10-5-6-27(23,24)7-10)18-11-3-1-2-4-13(11)20-14-9-28(25,26)8-12(14)19-16(20)22/h1-4,10,12,14H,5-9H2,(H,19,22)(H2,17,18,21)/t10-,12-,14-/m1/s1. The van der Waals surface area contributed by atoms with Gasteiger partial charge >= 0.3 is 12.1 Å². The molecule has 3 aliphatic heterocycles. The number of fused-ring (bicyclic) bond motifs is 1. The molecule has 1 aromatic carbocycles. The number of sulfone groups is 2. The third-order valence-electron chi connectivity index (χ3n) is 5.16. The molecule has 3 atom stereocenters. The van der Waals surface area contributed by atoms with Crippen LogP contribution in [0.1, 0.15) is 6.42 Å². The molecule has 3 aliphatic rings. The number of hydrogen-bond donors (Lipinski definition) is 3. The Hall–Kier alpha value is -2.34. The molecule has 3 N–H and O–H groups in total. The molecule has 0 bridgehead atoms. The lowest BCUT2D eigenvalue weighted by Crippen LogP contribution is -2.40. The maximum atomic E-state index is 12.4. The summed E-state index contributed by atoms with van der Waals surface area (Å²) in [6.07, 6.45) is 0.355. The van der Waals surface area contributed by atoms with E-state index in [4.69, 9.17) is 0 Å². The van der Waals surface area contributed by atoms with Crippen molar-refractivity contribution >= 4 is 43.1 Å². The Morgan fingerprint density at radius 3 is 2.54 bits per heavy atom. The van der Waals surface area contributed by atoms with Crippen molar-refractivity contribution in [3.8, 4) is 0 Å². The Bertz CT molecular complexity index is 1040. The van der Waals surface area contributed by atoms with Crippen LogP contribution in [-0.4, -0.2) is 70.0 Å². The van der Waals surface area contributed by atoms with Crippen LogP contribution < -0.4 is 20.9 Å². The average molecular weight is 428 g/mol. The molecule has 4 amide bonds. The predicted molar refractivity (Wildman–Crippen MR) is 103 cm³/mol. The number of carbonyl (C=O) groups is 2. The summed E-state index contributed by atoms with van der Waals surface area (Å²) in [6, 6.07) is 4.11. The molecule has 12 heteroatoms. The maximum absolute atomic E-state index is 12.4. The van der Waals surface area contributed by atoms with Crippen molar-refractivity contribution in [3.63, 3.8) is 0 Å². The Kier molecular flexibility index (Phi) is 4.49. The zero-order valence-corrected chi connectivity index (χ0v) is 16.4. The Labute approximate surface area is 162 Å². The van der Waals surface area contributed by atoms with Gasteiger partial charge in [-0.25, -0.2) is 26.4 Å². The van der Waals surface area contributed by atoms with Crippen LogP contribution in [-0.2, 0) is 19.7 Å². The second-order valence-electron chi connectivity index (χ2n) is 7.29. The second kappa shape index (κ2) is 6.62. The zero-order valence-electron chi connectivity index (χ0n) is 14.8. The lowest BCUT2D eigenvalue weighted by Gasteiger charge is -2.24. The van der Waals surface area contributed by atoms with Crippen LogP contribution in [0.15, 0.2) is 24.3 Å². The third kappa shape index (κ3) is 3.65. The van der Waals surface area contributed by atoms with Crippen molar-refractivity contribution in [2.45, 2.75) is 24.5 Å². The summed E-state index contributed by atoms with van der Waals surface area (Å²) < 4.78 is 46.9. The van der Waals surface area contributed by atoms with Gasteiger partial charge in [0, 0.05) is 6.04 Å². The van der Waals surface area contributed by atoms with Crippen molar-refractivity contribution in [1.29, 1.82) is 0 Å². The summed E-state index contributed by atoms with van der Waals surface area (Å²) in [7, 11) is -6.37. The highest BCUT2D eigenvalue weighted by molar-refractivity contribution is 7.92. The number of hydrogen-bond acceptors (Lipinski definition) is 6. The van der Waals surface area contributed by atoms with E-state index in [2.05, 4.69) is 16.0 Å². The molecule has 4 rings (SSSR count). The van der Waals surface area contributed by atoms with E-state index in [0.29, 0.717) is 17.8 Å². The summed E-state index contributed by atoms with van der Waals surface area (Å²) in [5, 5.41) is 7.96. The van der Waals surface area contributed by atoms with Crippen molar-refractivity contribution in [2.24, 2.45) is 0 Å². The van der Waals surface area contributed by atoms with Crippen LogP contribution in [0.3, 0.4) is 0 Å². The van der Waals surface area contributed by atoms with Crippen LogP contribution in [0.4, 0.5) is 21.0 Å². The number of rotatable bonds is 3. The molecule has 0 unspecified atom stereocenters. The van der Waals surface area contributed by atoms with Gasteiger partial charge in [-0.2, -0.15) is 0 Å². The molecule has 0 aliphatic carbocycles. The third-order valence-corrected chi connectivity index (χ3v) is 8.65. The van der Waals surface area contributed by atoms with Gasteiger partial charge in [-0.15, -0.1) is 0 Å². The quantitative estimate of drug-likeness (QED) is 0.564. The molecule has 152 valence electrons. The smallest absolute Gasteiger partial charge is 0.322 e. The van der Waals surface area contributed by atoms with Crippen LogP contribution in [0.25, 0.3) is 0 Å². The first kappa shape index (κ1) is 19.0. The van der Waals surface area contributed by atoms with Crippen LogP contribution in [0, 0.1) is 0 Å². The van der Waals surface area contributed by atoms with Gasteiger partial charge in [0.1, 0.15) is 0 Å². The first-order valence-electron chi connectivity index (χ1n) is 8.81. The highest BCUT2D eigenvalue weighted by Gasteiger charge is 2.49. The number of anilines is 2. The van der Waals surface area contributed by atoms with Gasteiger partial charge in [-0.1, -0.05) is 12.1 Å². The largest absolute Gasteiger partial charge is 0.334 e. The molecule has 3 heterocycles. The van der Waals surface area contributed by atoms with E-state index in [1.807, 2.05) is 0 Å². The molecule has 10 nitrogen and oxygen atoms in total. The lowest BCUT2D eigenvalue weighted by molar-refractivity contribution is 0.248. The topological polar surface area (TPSA) is 142 Å². The molecule has 0 spiro atoms. The van der Waals surface area contributed by atoms with Gasteiger partial charge in [0.05, 0.1) is 46.5 Å². The summed E-state index contributed by atoms with van der Waals surface area (Å²) in [4.78, 5) is 26.1. The molecule has 28 heavy (non-hydrogen) atoms. The van der Waals surface area contributed by atoms with Crippen LogP contribution in [0.5, 0.6) is 0 Å². The molecule has 3 saturated heterocycles. The number of nitrogens with zero attached hydrogens (tertiary/aromatic N) is 1.